The molecule has 0 aliphatic heterocycles. The summed E-state index contributed by atoms with van der Waals surface area (Å²) in [5.74, 6) is -2.45. The van der Waals surface area contributed by atoms with Crippen LogP contribution in [0.5, 0.6) is 11.5 Å². The van der Waals surface area contributed by atoms with Gasteiger partial charge in [-0.05, 0) is 13.8 Å². The van der Waals surface area contributed by atoms with Crippen molar-refractivity contribution in [1.82, 2.24) is 0 Å². The standard InChI is InChI=1S/C24H22O8/c1-3-29-19(25)13-21(27)31-23-15-9-5-7-11-17(15)24(18-12-8-6-10-16(18)23)32-22(28)14-20(26)30-4-2/h5-12H,3-4,13-14H2,1-2H3. The van der Waals surface area contributed by atoms with E-state index >= 15 is 0 Å². The molecular weight excluding hydrogens is 416 g/mol. The highest BCUT2D eigenvalue weighted by molar-refractivity contribution is 6.13. The van der Waals surface area contributed by atoms with E-state index < -0.39 is 36.7 Å². The molecule has 3 rings (SSSR count). The van der Waals surface area contributed by atoms with Gasteiger partial charge in [0.1, 0.15) is 24.3 Å². The molecule has 0 N–H and O–H groups in total. The summed E-state index contributed by atoms with van der Waals surface area (Å²) in [5.41, 5.74) is 0. The van der Waals surface area contributed by atoms with E-state index in [9.17, 15) is 19.2 Å². The van der Waals surface area contributed by atoms with E-state index in [-0.39, 0.29) is 24.7 Å². The molecule has 0 fully saturated rings. The molecule has 8 heteroatoms. The lowest BCUT2D eigenvalue weighted by molar-refractivity contribution is -0.151. The van der Waals surface area contributed by atoms with Crippen LogP contribution in [-0.4, -0.2) is 37.1 Å². The van der Waals surface area contributed by atoms with Gasteiger partial charge in [-0.3, -0.25) is 19.2 Å². The Kier molecular flexibility index (Phi) is 7.38. The lowest BCUT2D eigenvalue weighted by Gasteiger charge is -2.16. The lowest BCUT2D eigenvalue weighted by atomic mass is 10.0. The fourth-order valence-electron chi connectivity index (χ4n) is 3.23. The fraction of sp³-hybridized carbons (Fsp3) is 0.250. The molecule has 0 aliphatic carbocycles. The van der Waals surface area contributed by atoms with Crippen molar-refractivity contribution in [3.8, 4) is 11.5 Å². The molecule has 0 saturated carbocycles. The van der Waals surface area contributed by atoms with Gasteiger partial charge in [-0.1, -0.05) is 48.5 Å². The maximum Gasteiger partial charge on any atom is 0.322 e. The summed E-state index contributed by atoms with van der Waals surface area (Å²) in [6.07, 6.45) is -1.07. The van der Waals surface area contributed by atoms with E-state index in [0.29, 0.717) is 21.5 Å². The molecule has 0 heterocycles. The number of carbonyl (C=O) groups is 4. The second kappa shape index (κ2) is 10.4. The van der Waals surface area contributed by atoms with Gasteiger partial charge in [-0.2, -0.15) is 0 Å². The van der Waals surface area contributed by atoms with Crippen molar-refractivity contribution in [3.63, 3.8) is 0 Å². The van der Waals surface area contributed by atoms with Crippen LogP contribution in [0.2, 0.25) is 0 Å². The maximum atomic E-state index is 12.4. The zero-order valence-corrected chi connectivity index (χ0v) is 17.7. The first-order chi connectivity index (χ1) is 15.4. The van der Waals surface area contributed by atoms with Crippen molar-refractivity contribution in [1.29, 1.82) is 0 Å². The Balaban J connectivity index is 2.04. The highest BCUT2D eigenvalue weighted by Gasteiger charge is 2.22. The van der Waals surface area contributed by atoms with Crippen molar-refractivity contribution in [2.24, 2.45) is 0 Å². The summed E-state index contributed by atoms with van der Waals surface area (Å²) in [7, 11) is 0. The largest absolute Gasteiger partial charge is 0.466 e. The van der Waals surface area contributed by atoms with Crippen LogP contribution in [0, 0.1) is 0 Å². The summed E-state index contributed by atoms with van der Waals surface area (Å²) < 4.78 is 20.7. The average Bonchev–Trinajstić information content (AvgIpc) is 2.76. The van der Waals surface area contributed by atoms with Crippen LogP contribution in [0.3, 0.4) is 0 Å². The summed E-state index contributed by atoms with van der Waals surface area (Å²) in [6, 6.07) is 13.8. The third-order valence-corrected chi connectivity index (χ3v) is 4.45. The van der Waals surface area contributed by atoms with Crippen LogP contribution in [0.25, 0.3) is 21.5 Å². The van der Waals surface area contributed by atoms with Gasteiger partial charge >= 0.3 is 23.9 Å². The van der Waals surface area contributed by atoms with Gasteiger partial charge in [0.2, 0.25) is 0 Å². The molecule has 0 bridgehead atoms. The minimum absolute atomic E-state index is 0.157. The Morgan fingerprint density at radius 3 is 1.16 bits per heavy atom. The van der Waals surface area contributed by atoms with Crippen LogP contribution in [-0.2, 0) is 28.7 Å². The summed E-state index contributed by atoms with van der Waals surface area (Å²) in [4.78, 5) is 48.1. The molecule has 8 nitrogen and oxygen atoms in total. The molecule has 0 aromatic heterocycles. The van der Waals surface area contributed by atoms with Crippen LogP contribution in [0.15, 0.2) is 48.5 Å². The zero-order valence-electron chi connectivity index (χ0n) is 17.7. The van der Waals surface area contributed by atoms with Crippen molar-refractivity contribution >= 4 is 45.4 Å². The Labute approximate surface area is 184 Å². The molecule has 32 heavy (non-hydrogen) atoms. The normalized spacial score (nSPS) is 10.6. The van der Waals surface area contributed by atoms with Crippen LogP contribution in [0.1, 0.15) is 26.7 Å². The number of fused-ring (bicyclic) bond motifs is 2. The molecule has 0 aliphatic rings. The Morgan fingerprint density at radius 1 is 0.562 bits per heavy atom. The van der Waals surface area contributed by atoms with Gasteiger partial charge in [0, 0.05) is 21.5 Å². The summed E-state index contributed by atoms with van der Waals surface area (Å²) in [5, 5.41) is 2.01. The molecule has 0 atom stereocenters. The highest BCUT2D eigenvalue weighted by Crippen LogP contribution is 2.42. The first kappa shape index (κ1) is 22.7. The fourth-order valence-corrected chi connectivity index (χ4v) is 3.23. The first-order valence-electron chi connectivity index (χ1n) is 10.1. The van der Waals surface area contributed by atoms with Crippen molar-refractivity contribution < 1.29 is 38.1 Å². The van der Waals surface area contributed by atoms with Gasteiger partial charge in [-0.25, -0.2) is 0 Å². The van der Waals surface area contributed by atoms with E-state index in [1.165, 1.54) is 0 Å². The predicted octanol–water partition coefficient (Wildman–Crippen LogP) is 3.71. The van der Waals surface area contributed by atoms with Gasteiger partial charge in [0.05, 0.1) is 13.2 Å². The van der Waals surface area contributed by atoms with Crippen molar-refractivity contribution in [2.45, 2.75) is 26.7 Å². The second-order valence-electron chi connectivity index (χ2n) is 6.66. The third-order valence-electron chi connectivity index (χ3n) is 4.45. The second-order valence-corrected chi connectivity index (χ2v) is 6.66. The van der Waals surface area contributed by atoms with E-state index in [2.05, 4.69) is 0 Å². The molecule has 0 amide bonds. The number of hydrogen-bond donors (Lipinski definition) is 0. The lowest BCUT2D eigenvalue weighted by Crippen LogP contribution is -2.17. The molecule has 0 spiro atoms. The van der Waals surface area contributed by atoms with E-state index in [0.717, 1.165) is 0 Å². The number of esters is 4. The van der Waals surface area contributed by atoms with Gasteiger partial charge in [-0.15, -0.1) is 0 Å². The van der Waals surface area contributed by atoms with Crippen molar-refractivity contribution in [3.05, 3.63) is 48.5 Å². The number of benzene rings is 3. The Morgan fingerprint density at radius 2 is 0.875 bits per heavy atom. The highest BCUT2D eigenvalue weighted by atomic mass is 16.6. The van der Waals surface area contributed by atoms with Crippen LogP contribution < -0.4 is 9.47 Å². The van der Waals surface area contributed by atoms with E-state index in [4.69, 9.17) is 18.9 Å². The molecule has 0 radical (unpaired) electrons. The molecule has 3 aromatic rings. The van der Waals surface area contributed by atoms with E-state index in [1.807, 2.05) is 0 Å². The van der Waals surface area contributed by atoms with Gasteiger partial charge in [0.15, 0.2) is 0 Å². The zero-order chi connectivity index (χ0) is 23.1. The van der Waals surface area contributed by atoms with Crippen molar-refractivity contribution in [2.75, 3.05) is 13.2 Å². The number of hydrogen-bond acceptors (Lipinski definition) is 8. The molecular formula is C24H22O8. The third kappa shape index (κ3) is 5.21. The van der Waals surface area contributed by atoms with Gasteiger partial charge in [0.25, 0.3) is 0 Å². The predicted molar refractivity (Wildman–Crippen MR) is 115 cm³/mol. The smallest absolute Gasteiger partial charge is 0.322 e. The number of ether oxygens (including phenoxy) is 4. The molecule has 0 saturated heterocycles. The molecule has 166 valence electrons. The maximum absolute atomic E-state index is 12.4. The average molecular weight is 438 g/mol. The van der Waals surface area contributed by atoms with Gasteiger partial charge < -0.3 is 18.9 Å². The Hall–Kier alpha value is -3.94. The topological polar surface area (TPSA) is 105 Å². The minimum Gasteiger partial charge on any atom is -0.466 e. The SMILES string of the molecule is CCOC(=O)CC(=O)Oc1c2ccccc2c(OC(=O)CC(=O)OCC)c2ccccc12. The van der Waals surface area contributed by atoms with E-state index in [1.54, 1.807) is 62.4 Å². The Bertz CT molecular complexity index is 1030. The number of rotatable bonds is 8. The first-order valence-corrected chi connectivity index (χ1v) is 10.1. The van der Waals surface area contributed by atoms with Crippen LogP contribution in [0.4, 0.5) is 0 Å². The quantitative estimate of drug-likeness (QED) is 0.227. The monoisotopic (exact) mass is 438 g/mol. The summed E-state index contributed by atoms with van der Waals surface area (Å²) >= 11 is 0. The minimum atomic E-state index is -0.772. The number of carbonyl (C=O) groups excluding carboxylic acids is 4. The molecule has 3 aromatic carbocycles. The summed E-state index contributed by atoms with van der Waals surface area (Å²) in [6.45, 7) is 3.60. The van der Waals surface area contributed by atoms with Crippen LogP contribution >= 0.6 is 0 Å². The molecule has 0 unspecified atom stereocenters.